The Labute approximate surface area is 200 Å². The molecule has 0 radical (unpaired) electrons. The van der Waals surface area contributed by atoms with Crippen molar-refractivity contribution < 1.29 is 33.8 Å². The van der Waals surface area contributed by atoms with E-state index in [1.165, 1.54) is 21.7 Å². The zero-order valence-corrected chi connectivity index (χ0v) is 20.6. The van der Waals surface area contributed by atoms with Gasteiger partial charge in [0.2, 0.25) is 24.1 Å². The summed E-state index contributed by atoms with van der Waals surface area (Å²) < 4.78 is 5.26. The Morgan fingerprint density at radius 1 is 1.24 bits per heavy atom. The quantitative estimate of drug-likeness (QED) is 0.300. The summed E-state index contributed by atoms with van der Waals surface area (Å²) in [7, 11) is 1.51. The SMILES string of the molecule is CC(C)NC(=O)C(CCO)N(C)C(=O)C1CCCN1C(=O)CCOC(=O)C1C[C@@H](C)CN1C=O. The van der Waals surface area contributed by atoms with E-state index in [2.05, 4.69) is 5.32 Å². The third-order valence-corrected chi connectivity index (χ3v) is 6.33. The van der Waals surface area contributed by atoms with E-state index in [1.54, 1.807) is 0 Å². The minimum atomic E-state index is -0.840. The normalized spacial score (nSPS) is 23.1. The molecule has 0 bridgehead atoms. The number of rotatable bonds is 11. The number of carbonyl (C=O) groups excluding carboxylic acids is 5. The number of amides is 4. The number of likely N-dealkylation sites (N-methyl/N-ethyl adjacent to an activating group) is 1. The highest BCUT2D eigenvalue weighted by molar-refractivity contribution is 5.92. The van der Waals surface area contributed by atoms with E-state index in [4.69, 9.17) is 4.74 Å². The van der Waals surface area contributed by atoms with Gasteiger partial charge in [-0.25, -0.2) is 4.79 Å². The van der Waals surface area contributed by atoms with Gasteiger partial charge >= 0.3 is 5.97 Å². The fraction of sp³-hybridized carbons (Fsp3) is 0.783. The third-order valence-electron chi connectivity index (χ3n) is 6.33. The number of likely N-dealkylation sites (tertiary alicyclic amines) is 2. The highest BCUT2D eigenvalue weighted by atomic mass is 16.5. The van der Waals surface area contributed by atoms with Crippen LogP contribution in [0.4, 0.5) is 0 Å². The monoisotopic (exact) mass is 482 g/mol. The molecular weight excluding hydrogens is 444 g/mol. The molecule has 3 unspecified atom stereocenters. The summed E-state index contributed by atoms with van der Waals surface area (Å²) in [5, 5.41) is 12.1. The summed E-state index contributed by atoms with van der Waals surface area (Å²) in [6.07, 6.45) is 2.31. The second-order valence-electron chi connectivity index (χ2n) is 9.46. The minimum absolute atomic E-state index is 0.0729. The van der Waals surface area contributed by atoms with Crippen LogP contribution < -0.4 is 5.32 Å². The predicted octanol–water partition coefficient (Wildman–Crippen LogP) is -0.488. The van der Waals surface area contributed by atoms with Gasteiger partial charge in [0.1, 0.15) is 24.7 Å². The van der Waals surface area contributed by atoms with Crippen molar-refractivity contribution in [3.8, 4) is 0 Å². The largest absolute Gasteiger partial charge is 0.464 e. The number of nitrogens with zero attached hydrogens (tertiary/aromatic N) is 3. The summed E-state index contributed by atoms with van der Waals surface area (Å²) >= 11 is 0. The molecular formula is C23H38N4O7. The summed E-state index contributed by atoms with van der Waals surface area (Å²) in [6, 6.07) is -2.29. The average molecular weight is 483 g/mol. The van der Waals surface area contributed by atoms with Crippen molar-refractivity contribution in [1.29, 1.82) is 0 Å². The van der Waals surface area contributed by atoms with Gasteiger partial charge in [0.15, 0.2) is 0 Å². The van der Waals surface area contributed by atoms with Crippen molar-refractivity contribution in [2.75, 3.05) is 33.4 Å². The van der Waals surface area contributed by atoms with E-state index in [9.17, 15) is 29.1 Å². The fourth-order valence-corrected chi connectivity index (χ4v) is 4.62. The first-order valence-electron chi connectivity index (χ1n) is 12.0. The van der Waals surface area contributed by atoms with E-state index in [1.807, 2.05) is 20.8 Å². The molecule has 2 aliphatic heterocycles. The number of aliphatic hydroxyl groups is 1. The molecule has 2 N–H and O–H groups in total. The van der Waals surface area contributed by atoms with Gasteiger partial charge in [-0.3, -0.25) is 19.2 Å². The number of ether oxygens (including phenoxy) is 1. The molecule has 0 aromatic heterocycles. The first kappa shape index (κ1) is 27.6. The van der Waals surface area contributed by atoms with Gasteiger partial charge in [0.25, 0.3) is 0 Å². The van der Waals surface area contributed by atoms with E-state index >= 15 is 0 Å². The maximum absolute atomic E-state index is 13.2. The minimum Gasteiger partial charge on any atom is -0.464 e. The number of nitrogens with one attached hydrogen (secondary N) is 1. The molecule has 0 saturated carbocycles. The number of hydrogen-bond acceptors (Lipinski definition) is 7. The van der Waals surface area contributed by atoms with Crippen molar-refractivity contribution in [3.05, 3.63) is 0 Å². The fourth-order valence-electron chi connectivity index (χ4n) is 4.62. The lowest BCUT2D eigenvalue weighted by atomic mass is 10.1. The summed E-state index contributed by atoms with van der Waals surface area (Å²) in [5.74, 6) is -1.35. The predicted molar refractivity (Wildman–Crippen MR) is 122 cm³/mol. The van der Waals surface area contributed by atoms with Crippen LogP contribution in [-0.4, -0.2) is 107 Å². The summed E-state index contributed by atoms with van der Waals surface area (Å²) in [4.78, 5) is 66.2. The van der Waals surface area contributed by atoms with Crippen LogP contribution in [0, 0.1) is 5.92 Å². The zero-order chi connectivity index (χ0) is 25.4. The van der Waals surface area contributed by atoms with Crippen LogP contribution in [0.3, 0.4) is 0 Å². The molecule has 0 spiro atoms. The summed E-state index contributed by atoms with van der Waals surface area (Å²) in [5.41, 5.74) is 0. The van der Waals surface area contributed by atoms with Gasteiger partial charge in [0, 0.05) is 32.8 Å². The second kappa shape index (κ2) is 12.7. The standard InChI is InChI=1S/C23H38N4O7/c1-15(2)24-21(31)17(7-10-28)25(4)22(32)18-6-5-9-27(18)20(30)8-11-34-23(33)19-12-16(3)13-26(19)14-29/h14-19,28H,5-13H2,1-4H3,(H,24,31)/t16-,17?,18?,19?/m1/s1. The Morgan fingerprint density at radius 3 is 2.56 bits per heavy atom. The van der Waals surface area contributed by atoms with Crippen LogP contribution in [0.5, 0.6) is 0 Å². The molecule has 0 aromatic rings. The van der Waals surface area contributed by atoms with Crippen molar-refractivity contribution in [1.82, 2.24) is 20.0 Å². The Bertz CT molecular complexity index is 760. The number of carbonyl (C=O) groups is 5. The van der Waals surface area contributed by atoms with Gasteiger partial charge in [-0.1, -0.05) is 6.92 Å². The maximum Gasteiger partial charge on any atom is 0.328 e. The van der Waals surface area contributed by atoms with Crippen molar-refractivity contribution in [2.24, 2.45) is 5.92 Å². The van der Waals surface area contributed by atoms with Crippen LogP contribution in [0.2, 0.25) is 0 Å². The Hall–Kier alpha value is -2.69. The molecule has 2 rings (SSSR count). The molecule has 0 aliphatic carbocycles. The molecule has 34 heavy (non-hydrogen) atoms. The molecule has 11 heteroatoms. The van der Waals surface area contributed by atoms with Crippen molar-refractivity contribution >= 4 is 30.1 Å². The number of hydrogen-bond donors (Lipinski definition) is 2. The topological polar surface area (TPSA) is 137 Å². The summed E-state index contributed by atoms with van der Waals surface area (Å²) in [6.45, 7) is 6.08. The van der Waals surface area contributed by atoms with Crippen LogP contribution in [0.1, 0.15) is 52.9 Å². The number of aliphatic hydroxyl groups excluding tert-OH is 1. The number of esters is 1. The molecule has 2 heterocycles. The molecule has 4 atom stereocenters. The molecule has 11 nitrogen and oxygen atoms in total. The molecule has 2 aliphatic rings. The zero-order valence-electron chi connectivity index (χ0n) is 20.6. The van der Waals surface area contributed by atoms with Gasteiger partial charge < -0.3 is 29.9 Å². The molecule has 192 valence electrons. The van der Waals surface area contributed by atoms with E-state index in [0.717, 1.165) is 0 Å². The molecule has 2 saturated heterocycles. The Morgan fingerprint density at radius 2 is 1.94 bits per heavy atom. The van der Waals surface area contributed by atoms with E-state index in [-0.39, 0.29) is 55.7 Å². The van der Waals surface area contributed by atoms with E-state index in [0.29, 0.717) is 38.8 Å². The molecule has 4 amide bonds. The second-order valence-corrected chi connectivity index (χ2v) is 9.46. The van der Waals surface area contributed by atoms with Crippen molar-refractivity contribution in [2.45, 2.75) is 77.0 Å². The third kappa shape index (κ3) is 6.91. The van der Waals surface area contributed by atoms with Crippen LogP contribution in [0.25, 0.3) is 0 Å². The lowest BCUT2D eigenvalue weighted by Crippen LogP contribution is -2.54. The molecule has 0 aromatic carbocycles. The average Bonchev–Trinajstić information content (AvgIpc) is 3.42. The first-order valence-corrected chi connectivity index (χ1v) is 12.0. The molecule has 2 fully saturated rings. The maximum atomic E-state index is 13.2. The van der Waals surface area contributed by atoms with Crippen molar-refractivity contribution in [3.63, 3.8) is 0 Å². The van der Waals surface area contributed by atoms with Gasteiger partial charge in [0.05, 0.1) is 6.42 Å². The van der Waals surface area contributed by atoms with Gasteiger partial charge in [-0.05, 0) is 45.4 Å². The Balaban J connectivity index is 1.93. The van der Waals surface area contributed by atoms with E-state index < -0.39 is 24.1 Å². The van der Waals surface area contributed by atoms with Crippen LogP contribution in [-0.2, 0) is 28.7 Å². The first-order chi connectivity index (χ1) is 16.1. The van der Waals surface area contributed by atoms with Gasteiger partial charge in [-0.15, -0.1) is 0 Å². The smallest absolute Gasteiger partial charge is 0.328 e. The lowest BCUT2D eigenvalue weighted by Gasteiger charge is -2.32. The van der Waals surface area contributed by atoms with Crippen LogP contribution >= 0.6 is 0 Å². The lowest BCUT2D eigenvalue weighted by molar-refractivity contribution is -0.153. The highest BCUT2D eigenvalue weighted by Gasteiger charge is 2.39. The van der Waals surface area contributed by atoms with Gasteiger partial charge in [-0.2, -0.15) is 0 Å². The highest BCUT2D eigenvalue weighted by Crippen LogP contribution is 2.23. The van der Waals surface area contributed by atoms with Crippen LogP contribution in [0.15, 0.2) is 0 Å². The Kier molecular flexibility index (Phi) is 10.3.